The van der Waals surface area contributed by atoms with Gasteiger partial charge in [-0.15, -0.1) is 0 Å². The highest BCUT2D eigenvalue weighted by Gasteiger charge is 2.17. The van der Waals surface area contributed by atoms with Crippen molar-refractivity contribution in [2.45, 2.75) is 13.0 Å². The van der Waals surface area contributed by atoms with Crippen molar-refractivity contribution in [3.63, 3.8) is 0 Å². The average Bonchev–Trinajstić information content (AvgIpc) is 1.98. The van der Waals surface area contributed by atoms with Crippen LogP contribution in [0.4, 0.5) is 0 Å². The maximum Gasteiger partial charge on any atom is 0.330 e. The van der Waals surface area contributed by atoms with Crippen molar-refractivity contribution >= 4 is 11.9 Å². The summed E-state index contributed by atoms with van der Waals surface area (Å²) in [6.07, 6.45) is 0. The van der Waals surface area contributed by atoms with Crippen LogP contribution in [0.5, 0.6) is 0 Å². The van der Waals surface area contributed by atoms with Crippen LogP contribution in [0.2, 0.25) is 0 Å². The van der Waals surface area contributed by atoms with Crippen molar-refractivity contribution in [1.82, 2.24) is 5.32 Å². The lowest BCUT2D eigenvalue weighted by molar-refractivity contribution is -0.145. The summed E-state index contributed by atoms with van der Waals surface area (Å²) in [5, 5.41) is 10.8. The van der Waals surface area contributed by atoms with Gasteiger partial charge < -0.3 is 15.2 Å². The molecule has 5 heteroatoms. The van der Waals surface area contributed by atoms with Gasteiger partial charge in [0.2, 0.25) is 5.91 Å². The monoisotopic (exact) mass is 161 g/mol. The summed E-state index contributed by atoms with van der Waals surface area (Å²) in [5.74, 6) is -1.03. The van der Waals surface area contributed by atoms with Crippen LogP contribution < -0.4 is 5.32 Å². The van der Waals surface area contributed by atoms with Crippen LogP contribution >= 0.6 is 0 Å². The Morgan fingerprint density at radius 1 is 1.64 bits per heavy atom. The van der Waals surface area contributed by atoms with Crippen LogP contribution in [0.25, 0.3) is 0 Å². The molecule has 2 N–H and O–H groups in total. The summed E-state index contributed by atoms with van der Waals surface area (Å²) in [7, 11) is 1.19. The maximum absolute atomic E-state index is 10.7. The van der Waals surface area contributed by atoms with Crippen LogP contribution in [-0.2, 0) is 14.3 Å². The van der Waals surface area contributed by atoms with E-state index in [1.165, 1.54) is 14.0 Å². The number of carbonyl (C=O) groups excluding carboxylic acids is 2. The lowest BCUT2D eigenvalue weighted by Gasteiger charge is -2.11. The van der Waals surface area contributed by atoms with E-state index in [9.17, 15) is 9.59 Å². The molecular formula is C6H11NO4. The zero-order valence-electron chi connectivity index (χ0n) is 6.46. The van der Waals surface area contributed by atoms with Crippen molar-refractivity contribution in [3.8, 4) is 0 Å². The van der Waals surface area contributed by atoms with Crippen LogP contribution in [0.1, 0.15) is 6.92 Å². The first-order valence-electron chi connectivity index (χ1n) is 3.07. The summed E-state index contributed by atoms with van der Waals surface area (Å²) in [5.41, 5.74) is 0. The molecule has 64 valence electrons. The Kier molecular flexibility index (Phi) is 4.21. The molecule has 11 heavy (non-hydrogen) atoms. The van der Waals surface area contributed by atoms with Crippen LogP contribution in [0.15, 0.2) is 0 Å². The zero-order chi connectivity index (χ0) is 8.85. The molecule has 1 amide bonds. The molecule has 0 spiro atoms. The lowest BCUT2D eigenvalue weighted by Crippen LogP contribution is -2.42. The summed E-state index contributed by atoms with van der Waals surface area (Å²) in [4.78, 5) is 21.1. The summed E-state index contributed by atoms with van der Waals surface area (Å²) in [6, 6.07) is -0.947. The number of carbonyl (C=O) groups is 2. The smallest absolute Gasteiger partial charge is 0.330 e. The number of esters is 1. The molecule has 5 nitrogen and oxygen atoms in total. The summed E-state index contributed by atoms with van der Waals surface area (Å²) < 4.78 is 4.29. The largest absolute Gasteiger partial charge is 0.467 e. The Hall–Kier alpha value is -1.10. The minimum absolute atomic E-state index is 0.380. The number of hydrogen-bond donors (Lipinski definition) is 2. The molecule has 1 unspecified atom stereocenters. The summed E-state index contributed by atoms with van der Waals surface area (Å²) in [6.45, 7) is 0.803. The highest BCUT2D eigenvalue weighted by Crippen LogP contribution is 1.85. The molecule has 0 heterocycles. The van der Waals surface area contributed by atoms with Crippen molar-refractivity contribution < 1.29 is 19.4 Å². The second kappa shape index (κ2) is 4.68. The molecule has 0 aromatic heterocycles. The van der Waals surface area contributed by atoms with Gasteiger partial charge in [-0.25, -0.2) is 4.79 Å². The van der Waals surface area contributed by atoms with E-state index in [0.717, 1.165) is 0 Å². The number of aliphatic hydroxyl groups excluding tert-OH is 1. The number of amides is 1. The molecule has 0 fully saturated rings. The minimum Gasteiger partial charge on any atom is -0.467 e. The van der Waals surface area contributed by atoms with Crippen LogP contribution in [0.3, 0.4) is 0 Å². The van der Waals surface area contributed by atoms with E-state index in [-0.39, 0.29) is 5.91 Å². The first kappa shape index (κ1) is 9.90. The number of ether oxygens (including phenoxy) is 1. The third-order valence-electron chi connectivity index (χ3n) is 1.05. The third kappa shape index (κ3) is 3.57. The van der Waals surface area contributed by atoms with Gasteiger partial charge in [0.15, 0.2) is 6.04 Å². The Labute approximate surface area is 64.3 Å². The highest BCUT2D eigenvalue weighted by molar-refractivity contribution is 5.83. The molecule has 1 atom stereocenters. The van der Waals surface area contributed by atoms with E-state index in [1.54, 1.807) is 0 Å². The Morgan fingerprint density at radius 2 is 2.18 bits per heavy atom. The maximum atomic E-state index is 10.7. The van der Waals surface area contributed by atoms with Gasteiger partial charge in [-0.2, -0.15) is 0 Å². The van der Waals surface area contributed by atoms with Crippen molar-refractivity contribution in [2.24, 2.45) is 0 Å². The van der Waals surface area contributed by atoms with Gasteiger partial charge in [0.1, 0.15) is 0 Å². The number of rotatable bonds is 3. The molecule has 0 saturated heterocycles. The van der Waals surface area contributed by atoms with E-state index < -0.39 is 18.6 Å². The van der Waals surface area contributed by atoms with Gasteiger partial charge in [-0.05, 0) is 0 Å². The van der Waals surface area contributed by atoms with Crippen molar-refractivity contribution in [2.75, 3.05) is 13.7 Å². The quantitative estimate of drug-likeness (QED) is 0.502. The Balaban J connectivity index is 3.94. The molecule has 0 rings (SSSR count). The molecular weight excluding hydrogens is 150 g/mol. The standard InChI is InChI=1S/C6H11NO4/c1-4(9)7-5(3-8)6(10)11-2/h5,8H,3H2,1-2H3,(H,7,9). The second-order valence-corrected chi connectivity index (χ2v) is 1.96. The van der Waals surface area contributed by atoms with Gasteiger partial charge in [0, 0.05) is 6.92 Å². The average molecular weight is 161 g/mol. The molecule has 0 aromatic carbocycles. The molecule has 0 aliphatic heterocycles. The topological polar surface area (TPSA) is 75.6 Å². The fraction of sp³-hybridized carbons (Fsp3) is 0.667. The van der Waals surface area contributed by atoms with Crippen molar-refractivity contribution in [1.29, 1.82) is 0 Å². The van der Waals surface area contributed by atoms with E-state index in [2.05, 4.69) is 10.1 Å². The minimum atomic E-state index is -0.947. The second-order valence-electron chi connectivity index (χ2n) is 1.96. The predicted molar refractivity (Wildman–Crippen MR) is 36.7 cm³/mol. The van der Waals surface area contributed by atoms with E-state index in [4.69, 9.17) is 5.11 Å². The molecule has 0 radical (unpaired) electrons. The first-order chi connectivity index (χ1) is 5.11. The fourth-order valence-electron chi connectivity index (χ4n) is 0.567. The SMILES string of the molecule is COC(=O)C(CO)NC(C)=O. The van der Waals surface area contributed by atoms with Gasteiger partial charge in [-0.1, -0.05) is 0 Å². The molecule has 0 bridgehead atoms. The first-order valence-corrected chi connectivity index (χ1v) is 3.07. The van der Waals surface area contributed by atoms with Crippen LogP contribution in [0, 0.1) is 0 Å². The Bertz CT molecular complexity index is 157. The van der Waals surface area contributed by atoms with Gasteiger partial charge >= 0.3 is 5.97 Å². The van der Waals surface area contributed by atoms with Gasteiger partial charge in [-0.3, -0.25) is 4.79 Å². The van der Waals surface area contributed by atoms with E-state index >= 15 is 0 Å². The number of methoxy groups -OCH3 is 1. The molecule has 0 aliphatic rings. The predicted octanol–water partition coefficient (Wildman–Crippen LogP) is -1.34. The number of nitrogens with one attached hydrogen (secondary N) is 1. The number of aliphatic hydroxyl groups is 1. The molecule has 0 aromatic rings. The highest BCUT2D eigenvalue weighted by atomic mass is 16.5. The van der Waals surface area contributed by atoms with Crippen LogP contribution in [-0.4, -0.2) is 36.7 Å². The molecule has 0 saturated carbocycles. The zero-order valence-corrected chi connectivity index (χ0v) is 6.46. The third-order valence-corrected chi connectivity index (χ3v) is 1.05. The fourth-order valence-corrected chi connectivity index (χ4v) is 0.567. The summed E-state index contributed by atoms with van der Waals surface area (Å²) >= 11 is 0. The molecule has 0 aliphatic carbocycles. The van der Waals surface area contributed by atoms with E-state index in [1.807, 2.05) is 0 Å². The normalized spacial score (nSPS) is 11.9. The lowest BCUT2D eigenvalue weighted by atomic mass is 10.3. The number of hydrogen-bond acceptors (Lipinski definition) is 4. The van der Waals surface area contributed by atoms with E-state index in [0.29, 0.717) is 0 Å². The Morgan fingerprint density at radius 3 is 2.45 bits per heavy atom. The van der Waals surface area contributed by atoms with Gasteiger partial charge in [0.25, 0.3) is 0 Å². The van der Waals surface area contributed by atoms with Crippen molar-refractivity contribution in [3.05, 3.63) is 0 Å². The van der Waals surface area contributed by atoms with Gasteiger partial charge in [0.05, 0.1) is 13.7 Å².